The van der Waals surface area contributed by atoms with Gasteiger partial charge in [0.25, 0.3) is 0 Å². The minimum atomic E-state index is -0.916. The highest BCUT2D eigenvalue weighted by molar-refractivity contribution is 5.97. The summed E-state index contributed by atoms with van der Waals surface area (Å²) in [6, 6.07) is 13.3. The number of ether oxygens (including phenoxy) is 1. The molecule has 2 aromatic heterocycles. The Bertz CT molecular complexity index is 1490. The van der Waals surface area contributed by atoms with Gasteiger partial charge in [-0.25, -0.2) is 19.7 Å². The Hall–Kier alpha value is -4.66. The first-order valence-corrected chi connectivity index (χ1v) is 12.1. The van der Waals surface area contributed by atoms with Gasteiger partial charge in [-0.3, -0.25) is 0 Å². The summed E-state index contributed by atoms with van der Waals surface area (Å²) in [5.41, 5.74) is 9.94. The Kier molecular flexibility index (Phi) is 6.59. The van der Waals surface area contributed by atoms with Crippen molar-refractivity contribution < 1.29 is 14.6 Å². The number of nitrogens with one attached hydrogen (secondary N) is 1. The van der Waals surface area contributed by atoms with Crippen LogP contribution in [0.5, 0.6) is 11.6 Å². The molecule has 0 spiro atoms. The van der Waals surface area contributed by atoms with Gasteiger partial charge in [0.05, 0.1) is 11.3 Å². The highest BCUT2D eigenvalue weighted by atomic mass is 16.5. The molecule has 2 aromatic carbocycles. The van der Waals surface area contributed by atoms with Crippen molar-refractivity contribution in [2.75, 3.05) is 24.1 Å². The molecule has 1 fully saturated rings. The molecule has 37 heavy (non-hydrogen) atoms. The molecule has 5 rings (SSSR count). The molecule has 1 saturated heterocycles. The maximum atomic E-state index is 11.4. The van der Waals surface area contributed by atoms with E-state index in [9.17, 15) is 9.90 Å². The van der Waals surface area contributed by atoms with E-state index in [0.717, 1.165) is 34.7 Å². The number of amides is 1. The second-order valence-corrected chi connectivity index (χ2v) is 9.06. The first-order valence-electron chi connectivity index (χ1n) is 12.1. The first-order chi connectivity index (χ1) is 17.9. The number of aromatic nitrogens is 3. The Morgan fingerprint density at radius 3 is 2.92 bits per heavy atom. The molecule has 3 heterocycles. The number of carbonyl (C=O) groups is 1. The van der Waals surface area contributed by atoms with Crippen LogP contribution in [0.4, 0.5) is 16.4 Å². The minimum Gasteiger partial charge on any atom is -0.465 e. The standard InChI is InChI=1S/C28H28N6O3/c1-3-18-14-22(24-11-12-30-27(33-24)32-19-6-5-13-34(16-19)28(35)36)26(31-15-18)37-25-17(2)9-10-20-21(25)7-4-8-23(20)29/h3-4,7-12,14-15,19H,1,5-6,13,16,29H2,2H3,(H,35,36)(H,30,32,33)/t19-/m0/s1. The zero-order chi connectivity index (χ0) is 25.9. The van der Waals surface area contributed by atoms with Gasteiger partial charge in [-0.15, -0.1) is 0 Å². The molecule has 4 aromatic rings. The molecule has 4 N–H and O–H groups in total. The molecule has 0 bridgehead atoms. The number of fused-ring (bicyclic) bond motifs is 1. The molecule has 1 aliphatic heterocycles. The molecule has 0 radical (unpaired) electrons. The Morgan fingerprint density at radius 2 is 2.11 bits per heavy atom. The average Bonchev–Trinajstić information content (AvgIpc) is 2.91. The van der Waals surface area contributed by atoms with E-state index in [1.54, 1.807) is 24.5 Å². The van der Waals surface area contributed by atoms with Gasteiger partial charge in [-0.2, -0.15) is 0 Å². The van der Waals surface area contributed by atoms with Crippen molar-refractivity contribution >= 4 is 34.6 Å². The number of nitrogens with zero attached hydrogens (tertiary/aromatic N) is 4. The summed E-state index contributed by atoms with van der Waals surface area (Å²) in [4.78, 5) is 26.5. The number of likely N-dealkylation sites (tertiary alicyclic amines) is 1. The summed E-state index contributed by atoms with van der Waals surface area (Å²) >= 11 is 0. The number of pyridine rings is 1. The molecule has 0 aliphatic carbocycles. The van der Waals surface area contributed by atoms with Gasteiger partial charge in [0, 0.05) is 48.0 Å². The molecule has 1 atom stereocenters. The van der Waals surface area contributed by atoms with Crippen LogP contribution in [0.2, 0.25) is 0 Å². The summed E-state index contributed by atoms with van der Waals surface area (Å²) in [5, 5.41) is 14.4. The number of piperidine rings is 1. The third-order valence-corrected chi connectivity index (χ3v) is 6.51. The molecule has 1 aliphatic rings. The van der Waals surface area contributed by atoms with Crippen molar-refractivity contribution in [2.24, 2.45) is 0 Å². The van der Waals surface area contributed by atoms with E-state index < -0.39 is 6.09 Å². The van der Waals surface area contributed by atoms with E-state index in [4.69, 9.17) is 15.5 Å². The molecule has 9 nitrogen and oxygen atoms in total. The Morgan fingerprint density at radius 1 is 1.24 bits per heavy atom. The van der Waals surface area contributed by atoms with Crippen molar-refractivity contribution in [1.29, 1.82) is 0 Å². The molecule has 188 valence electrons. The van der Waals surface area contributed by atoms with E-state index in [-0.39, 0.29) is 6.04 Å². The molecular formula is C28H28N6O3. The van der Waals surface area contributed by atoms with E-state index >= 15 is 0 Å². The van der Waals surface area contributed by atoms with Crippen LogP contribution in [0.15, 0.2) is 61.4 Å². The second kappa shape index (κ2) is 10.1. The van der Waals surface area contributed by atoms with Crippen molar-refractivity contribution in [3.8, 4) is 22.9 Å². The van der Waals surface area contributed by atoms with Gasteiger partial charge in [-0.1, -0.05) is 36.9 Å². The van der Waals surface area contributed by atoms with E-state index in [2.05, 4.69) is 21.9 Å². The molecule has 0 saturated carbocycles. The number of aryl methyl sites for hydroxylation is 1. The number of benzene rings is 2. The number of carboxylic acid groups (broad SMARTS) is 1. The lowest BCUT2D eigenvalue weighted by atomic mass is 10.0. The lowest BCUT2D eigenvalue weighted by molar-refractivity contribution is 0.132. The van der Waals surface area contributed by atoms with Gasteiger partial charge in [0.15, 0.2) is 0 Å². The third-order valence-electron chi connectivity index (χ3n) is 6.51. The van der Waals surface area contributed by atoms with Crippen LogP contribution in [0.1, 0.15) is 24.0 Å². The number of nitrogen functional groups attached to an aromatic ring is 1. The average molecular weight is 497 g/mol. The lowest BCUT2D eigenvalue weighted by Gasteiger charge is -2.31. The summed E-state index contributed by atoms with van der Waals surface area (Å²) in [6.07, 6.45) is 5.78. The van der Waals surface area contributed by atoms with Crippen molar-refractivity contribution in [1.82, 2.24) is 19.9 Å². The van der Waals surface area contributed by atoms with Crippen molar-refractivity contribution in [2.45, 2.75) is 25.8 Å². The molecular weight excluding hydrogens is 468 g/mol. The largest absolute Gasteiger partial charge is 0.465 e. The Balaban J connectivity index is 1.50. The monoisotopic (exact) mass is 496 g/mol. The number of hydrogen-bond acceptors (Lipinski definition) is 7. The summed E-state index contributed by atoms with van der Waals surface area (Å²) in [5.74, 6) is 1.48. The lowest BCUT2D eigenvalue weighted by Crippen LogP contribution is -2.44. The SMILES string of the molecule is C=Cc1cnc(Oc2c(C)ccc3c(N)cccc23)c(-c2ccnc(N[C@H]3CCCN(C(=O)O)C3)n2)c1. The van der Waals surface area contributed by atoms with Gasteiger partial charge in [0.1, 0.15) is 5.75 Å². The van der Waals surface area contributed by atoms with E-state index in [1.807, 2.05) is 43.3 Å². The van der Waals surface area contributed by atoms with Crippen LogP contribution in [0.3, 0.4) is 0 Å². The molecule has 0 unspecified atom stereocenters. The van der Waals surface area contributed by atoms with Crippen molar-refractivity contribution in [3.05, 3.63) is 72.6 Å². The highest BCUT2D eigenvalue weighted by Crippen LogP contribution is 2.38. The van der Waals surface area contributed by atoms with Gasteiger partial charge >= 0.3 is 6.09 Å². The fourth-order valence-electron chi connectivity index (χ4n) is 4.57. The number of anilines is 2. The summed E-state index contributed by atoms with van der Waals surface area (Å²) < 4.78 is 6.44. The first kappa shape index (κ1) is 24.1. The number of nitrogens with two attached hydrogens (primary N) is 1. The normalized spacial score (nSPS) is 15.4. The quantitative estimate of drug-likeness (QED) is 0.296. The van der Waals surface area contributed by atoms with Crippen LogP contribution in [-0.2, 0) is 0 Å². The number of hydrogen-bond donors (Lipinski definition) is 3. The van der Waals surface area contributed by atoms with E-state index in [1.165, 1.54) is 4.90 Å². The van der Waals surface area contributed by atoms with Crippen LogP contribution in [-0.4, -0.2) is 50.2 Å². The van der Waals surface area contributed by atoms with Crippen LogP contribution in [0.25, 0.3) is 28.1 Å². The predicted octanol–water partition coefficient (Wildman–Crippen LogP) is 5.57. The fraction of sp³-hybridized carbons (Fsp3) is 0.214. The summed E-state index contributed by atoms with van der Waals surface area (Å²) in [6.45, 7) is 6.77. The smallest absolute Gasteiger partial charge is 0.407 e. The van der Waals surface area contributed by atoms with E-state index in [0.29, 0.717) is 47.6 Å². The zero-order valence-electron chi connectivity index (χ0n) is 20.5. The number of rotatable bonds is 6. The molecule has 9 heteroatoms. The maximum absolute atomic E-state index is 11.4. The minimum absolute atomic E-state index is 0.0720. The maximum Gasteiger partial charge on any atom is 0.407 e. The van der Waals surface area contributed by atoms with Crippen LogP contribution >= 0.6 is 0 Å². The van der Waals surface area contributed by atoms with Gasteiger partial charge < -0.3 is 25.8 Å². The zero-order valence-corrected chi connectivity index (χ0v) is 20.5. The van der Waals surface area contributed by atoms with Gasteiger partial charge in [-0.05, 0) is 49.1 Å². The topological polar surface area (TPSA) is 126 Å². The molecule has 1 amide bonds. The predicted molar refractivity (Wildman–Crippen MR) is 145 cm³/mol. The van der Waals surface area contributed by atoms with Crippen LogP contribution in [0, 0.1) is 6.92 Å². The van der Waals surface area contributed by atoms with Crippen molar-refractivity contribution in [3.63, 3.8) is 0 Å². The Labute approximate surface area is 214 Å². The second-order valence-electron chi connectivity index (χ2n) is 9.06. The fourth-order valence-corrected chi connectivity index (χ4v) is 4.57. The highest BCUT2D eigenvalue weighted by Gasteiger charge is 2.24. The summed E-state index contributed by atoms with van der Waals surface area (Å²) in [7, 11) is 0. The third kappa shape index (κ3) is 5.02. The van der Waals surface area contributed by atoms with Gasteiger partial charge in [0.2, 0.25) is 11.8 Å². The van der Waals surface area contributed by atoms with Crippen LogP contribution < -0.4 is 15.8 Å².